The minimum Gasteiger partial charge on any atom is -0.465 e. The molecule has 0 atom stereocenters. The SMILES string of the molecule is CCOC(=O)CS(=O)(=O)c1ccc([N+](=O)[O-])cc1.CCOC(=O)CSc1ccc([N+](=O)[O-])cc1. The highest BCUT2D eigenvalue weighted by Gasteiger charge is 2.21. The summed E-state index contributed by atoms with van der Waals surface area (Å²) in [4.78, 5) is 42.5. The molecule has 2 rings (SSSR count). The van der Waals surface area contributed by atoms with E-state index in [4.69, 9.17) is 4.74 Å². The molecule has 0 aromatic heterocycles. The number of hydrogen-bond donors (Lipinski definition) is 0. The highest BCUT2D eigenvalue weighted by Crippen LogP contribution is 2.21. The molecule has 0 saturated carbocycles. The number of benzene rings is 2. The van der Waals surface area contributed by atoms with Gasteiger partial charge in [0.25, 0.3) is 11.4 Å². The largest absolute Gasteiger partial charge is 0.465 e. The molecule has 0 amide bonds. The topological polar surface area (TPSA) is 173 Å². The number of nitro benzene ring substituents is 2. The minimum atomic E-state index is -3.82. The molecule has 0 bridgehead atoms. The van der Waals surface area contributed by atoms with Crippen molar-refractivity contribution in [1.82, 2.24) is 0 Å². The third-order valence-electron chi connectivity index (χ3n) is 3.73. The van der Waals surface area contributed by atoms with Gasteiger partial charge in [-0.1, -0.05) is 0 Å². The zero-order valence-corrected chi connectivity index (χ0v) is 19.9. The first-order chi connectivity index (χ1) is 16.0. The average Bonchev–Trinajstić information content (AvgIpc) is 2.78. The lowest BCUT2D eigenvalue weighted by Gasteiger charge is -2.03. The molecule has 2 aromatic rings. The van der Waals surface area contributed by atoms with Crippen LogP contribution >= 0.6 is 11.8 Å². The molecule has 0 N–H and O–H groups in total. The number of hydrogen-bond acceptors (Lipinski definition) is 11. The van der Waals surface area contributed by atoms with E-state index in [1.54, 1.807) is 26.0 Å². The van der Waals surface area contributed by atoms with Gasteiger partial charge < -0.3 is 9.47 Å². The Labute approximate surface area is 199 Å². The minimum absolute atomic E-state index is 0.0421. The monoisotopic (exact) mass is 514 g/mol. The van der Waals surface area contributed by atoms with Crippen LogP contribution in [0.2, 0.25) is 0 Å². The highest BCUT2D eigenvalue weighted by atomic mass is 32.2. The number of carbonyl (C=O) groups excluding carboxylic acids is 2. The summed E-state index contributed by atoms with van der Waals surface area (Å²) in [5.74, 6) is -1.70. The van der Waals surface area contributed by atoms with Gasteiger partial charge in [-0.15, -0.1) is 11.8 Å². The maximum Gasteiger partial charge on any atom is 0.321 e. The van der Waals surface area contributed by atoms with Crippen LogP contribution in [0, 0.1) is 20.2 Å². The van der Waals surface area contributed by atoms with Crippen LogP contribution < -0.4 is 0 Å². The van der Waals surface area contributed by atoms with Crippen molar-refractivity contribution in [2.75, 3.05) is 24.7 Å². The van der Waals surface area contributed by atoms with E-state index in [0.29, 0.717) is 6.61 Å². The Kier molecular flexibility index (Phi) is 11.7. The molecule has 14 heteroatoms. The smallest absolute Gasteiger partial charge is 0.321 e. The molecule has 0 unspecified atom stereocenters. The predicted octanol–water partition coefficient (Wildman–Crippen LogP) is 3.18. The van der Waals surface area contributed by atoms with Gasteiger partial charge in [0, 0.05) is 29.2 Å². The van der Waals surface area contributed by atoms with Crippen molar-refractivity contribution in [3.63, 3.8) is 0 Å². The molecule has 34 heavy (non-hydrogen) atoms. The number of non-ortho nitro benzene ring substituents is 2. The van der Waals surface area contributed by atoms with Crippen LogP contribution in [0.4, 0.5) is 11.4 Å². The lowest BCUT2D eigenvalue weighted by atomic mass is 10.3. The molecular formula is C20H22N2O10S2. The molecule has 0 saturated heterocycles. The number of ether oxygens (including phenoxy) is 2. The van der Waals surface area contributed by atoms with E-state index in [9.17, 15) is 38.2 Å². The first-order valence-electron chi connectivity index (χ1n) is 9.65. The van der Waals surface area contributed by atoms with Gasteiger partial charge in [-0.3, -0.25) is 29.8 Å². The van der Waals surface area contributed by atoms with E-state index >= 15 is 0 Å². The van der Waals surface area contributed by atoms with Crippen molar-refractivity contribution in [1.29, 1.82) is 0 Å². The Bertz CT molecular complexity index is 1100. The van der Waals surface area contributed by atoms with Crippen molar-refractivity contribution in [2.45, 2.75) is 23.6 Å². The summed E-state index contributed by atoms with van der Waals surface area (Å²) >= 11 is 1.29. The van der Waals surface area contributed by atoms with Crippen molar-refractivity contribution < 1.29 is 37.3 Å². The second kappa shape index (κ2) is 13.9. The first kappa shape index (κ1) is 28.5. The van der Waals surface area contributed by atoms with E-state index in [2.05, 4.69) is 4.74 Å². The Morgan fingerprint density at radius 2 is 1.26 bits per heavy atom. The Balaban J connectivity index is 0.000000342. The number of carbonyl (C=O) groups is 2. The molecule has 0 aliphatic rings. The van der Waals surface area contributed by atoms with Gasteiger partial charge in [-0.2, -0.15) is 0 Å². The second-order valence-corrected chi connectivity index (χ2v) is 9.20. The summed E-state index contributed by atoms with van der Waals surface area (Å²) in [6.07, 6.45) is 0. The van der Waals surface area contributed by atoms with Crippen LogP contribution in [0.1, 0.15) is 13.8 Å². The van der Waals surface area contributed by atoms with Crippen molar-refractivity contribution >= 4 is 44.9 Å². The quantitative estimate of drug-likeness (QED) is 0.197. The molecule has 0 heterocycles. The molecule has 0 fully saturated rings. The van der Waals surface area contributed by atoms with Gasteiger partial charge in [0.2, 0.25) is 0 Å². The summed E-state index contributed by atoms with van der Waals surface area (Å²) in [5.41, 5.74) is -0.175. The fraction of sp³-hybridized carbons (Fsp3) is 0.300. The summed E-state index contributed by atoms with van der Waals surface area (Å²) < 4.78 is 32.7. The number of nitrogens with zero attached hydrogens (tertiary/aromatic N) is 2. The van der Waals surface area contributed by atoms with E-state index in [1.807, 2.05) is 0 Å². The van der Waals surface area contributed by atoms with Crippen LogP contribution in [0.15, 0.2) is 58.3 Å². The molecule has 184 valence electrons. The fourth-order valence-corrected chi connectivity index (χ4v) is 4.03. The van der Waals surface area contributed by atoms with Crippen molar-refractivity contribution in [3.05, 3.63) is 68.8 Å². The molecule has 0 spiro atoms. The van der Waals surface area contributed by atoms with Gasteiger partial charge in [0.05, 0.1) is 33.7 Å². The lowest BCUT2D eigenvalue weighted by Crippen LogP contribution is -2.18. The standard InChI is InChI=1S/C10H11NO6S.C10H11NO4S/c1-2-17-10(12)7-18(15,16)9-5-3-8(4-6-9)11(13)14;1-2-15-10(12)7-16-9-5-3-8(4-6-9)11(13)14/h3-6H,2,7H2,1H3;3-6H,2,7H2,1H3. The van der Waals surface area contributed by atoms with Gasteiger partial charge in [0.1, 0.15) is 0 Å². The second-order valence-electron chi connectivity index (χ2n) is 6.16. The normalized spacial score (nSPS) is 10.4. The lowest BCUT2D eigenvalue weighted by molar-refractivity contribution is -0.385. The van der Waals surface area contributed by atoms with Crippen LogP contribution in [0.5, 0.6) is 0 Å². The summed E-state index contributed by atoms with van der Waals surface area (Å²) in [5, 5.41) is 20.8. The molecule has 2 aromatic carbocycles. The zero-order valence-electron chi connectivity index (χ0n) is 18.2. The third kappa shape index (κ3) is 9.95. The predicted molar refractivity (Wildman–Crippen MR) is 122 cm³/mol. The Morgan fingerprint density at radius 3 is 1.71 bits per heavy atom. The van der Waals surface area contributed by atoms with Gasteiger partial charge >= 0.3 is 11.9 Å². The molecular weight excluding hydrogens is 492 g/mol. The maximum atomic E-state index is 11.7. The van der Waals surface area contributed by atoms with Crippen LogP contribution in [0.3, 0.4) is 0 Å². The van der Waals surface area contributed by atoms with Crippen molar-refractivity contribution in [3.8, 4) is 0 Å². The molecule has 12 nitrogen and oxygen atoms in total. The fourth-order valence-electron chi connectivity index (χ4n) is 2.23. The maximum absolute atomic E-state index is 11.7. The zero-order chi connectivity index (χ0) is 25.7. The van der Waals surface area contributed by atoms with Crippen LogP contribution in [-0.2, 0) is 28.9 Å². The average molecular weight is 515 g/mol. The molecule has 0 radical (unpaired) electrons. The summed E-state index contributed by atoms with van der Waals surface area (Å²) in [6, 6.07) is 10.4. The van der Waals surface area contributed by atoms with E-state index in [1.165, 1.54) is 23.9 Å². The summed E-state index contributed by atoms with van der Waals surface area (Å²) in [6.45, 7) is 3.76. The van der Waals surface area contributed by atoms with Crippen LogP contribution in [-0.4, -0.2) is 54.9 Å². The Hall–Kier alpha value is -3.52. The molecule has 0 aliphatic carbocycles. The molecule has 0 aliphatic heterocycles. The van der Waals surface area contributed by atoms with Gasteiger partial charge in [-0.05, 0) is 38.1 Å². The van der Waals surface area contributed by atoms with Gasteiger partial charge in [-0.25, -0.2) is 8.42 Å². The number of nitro groups is 2. The van der Waals surface area contributed by atoms with E-state index < -0.39 is 31.4 Å². The third-order valence-corrected chi connectivity index (χ3v) is 6.32. The van der Waals surface area contributed by atoms with E-state index in [-0.39, 0.29) is 34.6 Å². The number of thioether (sulfide) groups is 1. The number of sulfone groups is 1. The summed E-state index contributed by atoms with van der Waals surface area (Å²) in [7, 11) is -3.82. The van der Waals surface area contributed by atoms with Gasteiger partial charge in [0.15, 0.2) is 15.6 Å². The number of rotatable bonds is 10. The first-order valence-corrected chi connectivity index (χ1v) is 12.3. The van der Waals surface area contributed by atoms with Crippen LogP contribution in [0.25, 0.3) is 0 Å². The Morgan fingerprint density at radius 1 is 0.824 bits per heavy atom. The highest BCUT2D eigenvalue weighted by molar-refractivity contribution is 8.00. The number of esters is 2. The van der Waals surface area contributed by atoms with E-state index in [0.717, 1.165) is 29.2 Å². The van der Waals surface area contributed by atoms with Crippen molar-refractivity contribution in [2.24, 2.45) is 0 Å².